The van der Waals surface area contributed by atoms with E-state index in [0.717, 1.165) is 5.56 Å². The van der Waals surface area contributed by atoms with Crippen LogP contribution < -0.4 is 15.5 Å². The number of hydrogen-bond acceptors (Lipinski definition) is 4. The number of rotatable bonds is 8. The third-order valence-electron chi connectivity index (χ3n) is 3.84. The van der Waals surface area contributed by atoms with Gasteiger partial charge in [-0.3, -0.25) is 14.4 Å². The van der Waals surface area contributed by atoms with E-state index in [1.807, 2.05) is 44.2 Å². The molecule has 2 N–H and O–H groups in total. The third-order valence-corrected chi connectivity index (χ3v) is 3.84. The van der Waals surface area contributed by atoms with Gasteiger partial charge >= 0.3 is 0 Å². The van der Waals surface area contributed by atoms with Gasteiger partial charge in [-0.05, 0) is 35.7 Å². The van der Waals surface area contributed by atoms with Crippen LogP contribution in [0.15, 0.2) is 54.6 Å². The average molecular weight is 356 g/mol. The minimum absolute atomic E-state index is 0.0995. The van der Waals surface area contributed by atoms with Gasteiger partial charge < -0.3 is 10.1 Å². The maximum Gasteiger partial charge on any atom is 0.266 e. The van der Waals surface area contributed by atoms with Gasteiger partial charge in [0, 0.05) is 5.56 Å². The molecular formula is C20H24N2O4. The first kappa shape index (κ1) is 19.5. The van der Waals surface area contributed by atoms with Gasteiger partial charge in [-0.2, -0.15) is 0 Å². The highest BCUT2D eigenvalue weighted by atomic mass is 16.6. The highest BCUT2D eigenvalue weighted by Crippen LogP contribution is 2.12. The predicted molar refractivity (Wildman–Crippen MR) is 98.5 cm³/mol. The Morgan fingerprint density at radius 3 is 2.23 bits per heavy atom. The Kier molecular flexibility index (Phi) is 7.17. The number of nitrogens with one attached hydrogen (secondary N) is 2. The summed E-state index contributed by atoms with van der Waals surface area (Å²) in [5, 5.41) is 2.75. The van der Waals surface area contributed by atoms with Crippen molar-refractivity contribution in [2.45, 2.75) is 26.5 Å². The van der Waals surface area contributed by atoms with Gasteiger partial charge in [0.15, 0.2) is 0 Å². The van der Waals surface area contributed by atoms with E-state index >= 15 is 0 Å². The van der Waals surface area contributed by atoms with Crippen LogP contribution >= 0.6 is 0 Å². The van der Waals surface area contributed by atoms with E-state index in [1.165, 1.54) is 0 Å². The van der Waals surface area contributed by atoms with Crippen molar-refractivity contribution < 1.29 is 19.2 Å². The van der Waals surface area contributed by atoms with E-state index in [-0.39, 0.29) is 18.4 Å². The van der Waals surface area contributed by atoms with Crippen LogP contribution in [-0.2, 0) is 16.2 Å². The molecule has 2 aromatic carbocycles. The largest absolute Gasteiger partial charge is 0.497 e. The molecule has 0 aliphatic heterocycles. The molecule has 0 aromatic heterocycles. The molecule has 0 bridgehead atoms. The zero-order valence-corrected chi connectivity index (χ0v) is 15.2. The Hall–Kier alpha value is -2.86. The first-order valence-corrected chi connectivity index (χ1v) is 8.41. The maximum atomic E-state index is 12.4. The summed E-state index contributed by atoms with van der Waals surface area (Å²) >= 11 is 0. The molecule has 0 saturated carbocycles. The fourth-order valence-corrected chi connectivity index (χ4v) is 2.33. The third kappa shape index (κ3) is 5.60. The number of hydrogen-bond donors (Lipinski definition) is 2. The van der Waals surface area contributed by atoms with E-state index in [9.17, 15) is 9.59 Å². The summed E-state index contributed by atoms with van der Waals surface area (Å²) in [4.78, 5) is 30.0. The summed E-state index contributed by atoms with van der Waals surface area (Å²) in [6.45, 7) is 3.97. The minimum atomic E-state index is -0.708. The lowest BCUT2D eigenvalue weighted by Gasteiger charge is -2.21. The summed E-state index contributed by atoms with van der Waals surface area (Å²) in [5.74, 6) is -0.158. The highest BCUT2D eigenvalue weighted by molar-refractivity contribution is 5.97. The number of benzene rings is 2. The molecule has 2 aromatic rings. The lowest BCUT2D eigenvalue weighted by atomic mass is 10.0. The van der Waals surface area contributed by atoms with E-state index in [4.69, 9.17) is 9.57 Å². The Balaban J connectivity index is 1.91. The summed E-state index contributed by atoms with van der Waals surface area (Å²) in [7, 11) is 1.56. The van der Waals surface area contributed by atoms with Crippen LogP contribution in [0.5, 0.6) is 5.75 Å². The quantitative estimate of drug-likeness (QED) is 0.713. The van der Waals surface area contributed by atoms with Crippen molar-refractivity contribution in [2.24, 2.45) is 5.92 Å². The smallest absolute Gasteiger partial charge is 0.266 e. The molecule has 6 nitrogen and oxygen atoms in total. The van der Waals surface area contributed by atoms with Crippen LogP contribution in [0.4, 0.5) is 0 Å². The molecule has 0 fully saturated rings. The second kappa shape index (κ2) is 9.58. The minimum Gasteiger partial charge on any atom is -0.497 e. The molecule has 26 heavy (non-hydrogen) atoms. The molecule has 0 saturated heterocycles. The number of carbonyl (C=O) groups excluding carboxylic acids is 2. The first-order chi connectivity index (χ1) is 12.5. The van der Waals surface area contributed by atoms with Crippen molar-refractivity contribution in [1.82, 2.24) is 10.8 Å². The first-order valence-electron chi connectivity index (χ1n) is 8.41. The van der Waals surface area contributed by atoms with Gasteiger partial charge in [-0.1, -0.05) is 44.2 Å². The molecular weight excluding hydrogens is 332 g/mol. The monoisotopic (exact) mass is 356 g/mol. The molecule has 1 atom stereocenters. The van der Waals surface area contributed by atoms with Crippen LogP contribution in [0.1, 0.15) is 29.8 Å². The summed E-state index contributed by atoms with van der Waals surface area (Å²) in [6, 6.07) is 15.5. The SMILES string of the molecule is COc1ccc(C(=O)NC(C(=O)NOCc2ccccc2)C(C)C)cc1. The van der Waals surface area contributed by atoms with Gasteiger partial charge in [-0.25, -0.2) is 5.48 Å². The van der Waals surface area contributed by atoms with Crippen LogP contribution in [0, 0.1) is 5.92 Å². The summed E-state index contributed by atoms with van der Waals surface area (Å²) < 4.78 is 5.07. The van der Waals surface area contributed by atoms with E-state index in [0.29, 0.717) is 11.3 Å². The molecule has 2 rings (SSSR count). The van der Waals surface area contributed by atoms with Crippen molar-refractivity contribution >= 4 is 11.8 Å². The van der Waals surface area contributed by atoms with Crippen LogP contribution in [0.25, 0.3) is 0 Å². The number of amides is 2. The van der Waals surface area contributed by atoms with Gasteiger partial charge in [-0.15, -0.1) is 0 Å². The zero-order valence-electron chi connectivity index (χ0n) is 15.2. The number of hydroxylamine groups is 1. The van der Waals surface area contributed by atoms with Gasteiger partial charge in [0.05, 0.1) is 13.7 Å². The van der Waals surface area contributed by atoms with E-state index in [2.05, 4.69) is 10.8 Å². The highest BCUT2D eigenvalue weighted by Gasteiger charge is 2.25. The second-order valence-corrected chi connectivity index (χ2v) is 6.16. The lowest BCUT2D eigenvalue weighted by molar-refractivity contribution is -0.137. The van der Waals surface area contributed by atoms with Crippen LogP contribution in [0.3, 0.4) is 0 Å². The second-order valence-electron chi connectivity index (χ2n) is 6.16. The predicted octanol–water partition coefficient (Wildman–Crippen LogP) is 2.70. The van der Waals surface area contributed by atoms with Crippen molar-refractivity contribution in [3.63, 3.8) is 0 Å². The molecule has 0 heterocycles. The molecule has 0 radical (unpaired) electrons. The van der Waals surface area contributed by atoms with Crippen molar-refractivity contribution in [2.75, 3.05) is 7.11 Å². The molecule has 1 unspecified atom stereocenters. The fraction of sp³-hybridized carbons (Fsp3) is 0.300. The maximum absolute atomic E-state index is 12.4. The summed E-state index contributed by atoms with van der Waals surface area (Å²) in [5.41, 5.74) is 3.81. The van der Waals surface area contributed by atoms with Crippen molar-refractivity contribution in [3.05, 3.63) is 65.7 Å². The van der Waals surface area contributed by atoms with E-state index < -0.39 is 11.9 Å². The van der Waals surface area contributed by atoms with Crippen molar-refractivity contribution in [3.8, 4) is 5.75 Å². The molecule has 0 spiro atoms. The molecule has 6 heteroatoms. The normalized spacial score (nSPS) is 11.7. The van der Waals surface area contributed by atoms with Crippen LogP contribution in [-0.4, -0.2) is 25.0 Å². The van der Waals surface area contributed by atoms with Crippen LogP contribution in [0.2, 0.25) is 0 Å². The van der Waals surface area contributed by atoms with Gasteiger partial charge in [0.1, 0.15) is 11.8 Å². The average Bonchev–Trinajstić information content (AvgIpc) is 2.66. The Labute approximate surface area is 153 Å². The summed E-state index contributed by atoms with van der Waals surface area (Å²) in [6.07, 6.45) is 0. The molecule has 0 aliphatic rings. The topological polar surface area (TPSA) is 76.7 Å². The molecule has 138 valence electrons. The zero-order chi connectivity index (χ0) is 18.9. The molecule has 0 aliphatic carbocycles. The number of carbonyl (C=O) groups is 2. The van der Waals surface area contributed by atoms with E-state index in [1.54, 1.807) is 31.4 Å². The Bertz CT molecular complexity index is 714. The van der Waals surface area contributed by atoms with Gasteiger partial charge in [0.25, 0.3) is 11.8 Å². The van der Waals surface area contributed by atoms with Gasteiger partial charge in [0.2, 0.25) is 0 Å². The standard InChI is InChI=1S/C20H24N2O4/c1-14(2)18(20(24)22-26-13-15-7-5-4-6-8-15)21-19(23)16-9-11-17(25-3)12-10-16/h4-12,14,18H,13H2,1-3H3,(H,21,23)(H,22,24). The lowest BCUT2D eigenvalue weighted by Crippen LogP contribution is -2.49. The molecule has 2 amide bonds. The number of methoxy groups -OCH3 is 1. The van der Waals surface area contributed by atoms with Crippen molar-refractivity contribution in [1.29, 1.82) is 0 Å². The Morgan fingerprint density at radius 2 is 1.65 bits per heavy atom. The number of ether oxygens (including phenoxy) is 1. The fourth-order valence-electron chi connectivity index (χ4n) is 2.33. The Morgan fingerprint density at radius 1 is 1.00 bits per heavy atom.